The van der Waals surface area contributed by atoms with Crippen molar-refractivity contribution in [1.29, 1.82) is 0 Å². The Labute approximate surface area is 240 Å². The molecule has 216 valence electrons. The van der Waals surface area contributed by atoms with Gasteiger partial charge in [-0.15, -0.1) is 0 Å². The van der Waals surface area contributed by atoms with Gasteiger partial charge in [0, 0.05) is 35.9 Å². The number of primary amides is 1. The van der Waals surface area contributed by atoms with Crippen LogP contribution in [-0.4, -0.2) is 40.4 Å². The number of phenols is 1. The fourth-order valence-electron chi connectivity index (χ4n) is 4.87. The van der Waals surface area contributed by atoms with Gasteiger partial charge in [0.25, 0.3) is 5.91 Å². The van der Waals surface area contributed by atoms with Crippen LogP contribution in [0.1, 0.15) is 60.8 Å². The average molecular weight is 559 g/mol. The first-order chi connectivity index (χ1) is 19.8. The molecule has 41 heavy (non-hydrogen) atoms. The number of amides is 1. The van der Waals surface area contributed by atoms with Crippen LogP contribution >= 0.6 is 0 Å². The lowest BCUT2D eigenvalue weighted by Gasteiger charge is -2.23. The van der Waals surface area contributed by atoms with E-state index in [1.165, 1.54) is 6.20 Å². The third kappa shape index (κ3) is 6.70. The maximum atomic E-state index is 12.5. The maximum Gasteiger partial charge on any atom is 0.252 e. The summed E-state index contributed by atoms with van der Waals surface area (Å²) >= 11 is 0. The van der Waals surface area contributed by atoms with E-state index in [2.05, 4.69) is 22.5 Å². The van der Waals surface area contributed by atoms with E-state index >= 15 is 0 Å². The number of aliphatic hydroxyl groups excluding tert-OH is 1. The molecule has 1 heterocycles. The van der Waals surface area contributed by atoms with Crippen molar-refractivity contribution in [2.45, 2.75) is 52.8 Å². The van der Waals surface area contributed by atoms with Gasteiger partial charge in [0.05, 0.1) is 36.1 Å². The highest BCUT2D eigenvalue weighted by atomic mass is 16.5. The summed E-state index contributed by atoms with van der Waals surface area (Å²) in [5.41, 5.74) is 10.9. The zero-order valence-electron chi connectivity index (χ0n) is 23.9. The number of aliphatic hydroxyl groups is 1. The smallest absolute Gasteiger partial charge is 0.252 e. The number of hydrogen-bond acceptors (Lipinski definition) is 8. The highest BCUT2D eigenvalue weighted by Gasteiger charge is 2.20. The first-order valence-corrected chi connectivity index (χ1v) is 13.9. The van der Waals surface area contributed by atoms with Crippen molar-refractivity contribution >= 4 is 28.2 Å². The van der Waals surface area contributed by atoms with Crippen molar-refractivity contribution in [2.24, 2.45) is 5.73 Å². The number of anilines is 2. The number of hydrogen-bond donors (Lipinski definition) is 5. The molecule has 6 N–H and O–H groups in total. The monoisotopic (exact) mass is 558 g/mol. The van der Waals surface area contributed by atoms with Gasteiger partial charge in [0.2, 0.25) is 0 Å². The summed E-state index contributed by atoms with van der Waals surface area (Å²) in [4.78, 5) is 17.0. The van der Waals surface area contributed by atoms with Gasteiger partial charge in [0.15, 0.2) is 11.5 Å². The molecule has 0 fully saturated rings. The van der Waals surface area contributed by atoms with E-state index in [1.807, 2.05) is 51.1 Å². The normalized spacial score (nSPS) is 12.6. The fourth-order valence-corrected chi connectivity index (χ4v) is 4.87. The van der Waals surface area contributed by atoms with Crippen LogP contribution in [0.3, 0.4) is 0 Å². The second-order valence-corrected chi connectivity index (χ2v) is 9.72. The van der Waals surface area contributed by atoms with Crippen molar-refractivity contribution in [2.75, 3.05) is 18.5 Å². The first-order valence-electron chi connectivity index (χ1n) is 13.9. The lowest BCUT2D eigenvalue weighted by molar-refractivity contribution is 0.100. The molecule has 0 bridgehead atoms. The summed E-state index contributed by atoms with van der Waals surface area (Å²) in [7, 11) is 0. The van der Waals surface area contributed by atoms with E-state index in [9.17, 15) is 15.0 Å². The third-order valence-corrected chi connectivity index (χ3v) is 7.01. The summed E-state index contributed by atoms with van der Waals surface area (Å²) in [6, 6.07) is 15.9. The number of pyridine rings is 1. The van der Waals surface area contributed by atoms with Crippen LogP contribution in [0.4, 0.5) is 11.4 Å². The number of ether oxygens (including phenoxy) is 2. The maximum absolute atomic E-state index is 12.5. The molecule has 0 spiro atoms. The van der Waals surface area contributed by atoms with Gasteiger partial charge in [-0.05, 0) is 68.1 Å². The molecule has 1 amide bonds. The van der Waals surface area contributed by atoms with Crippen molar-refractivity contribution in [3.05, 3.63) is 83.0 Å². The van der Waals surface area contributed by atoms with Crippen LogP contribution in [0.25, 0.3) is 10.9 Å². The number of carbonyl (C=O) groups excluding carboxylic acids is 1. The topological polar surface area (TPSA) is 139 Å². The predicted molar refractivity (Wildman–Crippen MR) is 161 cm³/mol. The summed E-state index contributed by atoms with van der Waals surface area (Å²) in [5, 5.41) is 27.9. The molecule has 3 aromatic carbocycles. The minimum Gasteiger partial charge on any atom is -0.508 e. The van der Waals surface area contributed by atoms with Crippen LogP contribution in [0, 0.1) is 0 Å². The quantitative estimate of drug-likeness (QED) is 0.148. The summed E-state index contributed by atoms with van der Waals surface area (Å²) in [6.45, 7) is 9.22. The number of nitrogens with one attached hydrogen (secondary N) is 2. The number of phenolic OH excluding ortho intramolecular Hbond substituents is 1. The second kappa shape index (κ2) is 13.3. The molecule has 4 rings (SSSR count). The summed E-state index contributed by atoms with van der Waals surface area (Å²) in [6.07, 6.45) is 1.46. The number of aromatic nitrogens is 1. The van der Waals surface area contributed by atoms with E-state index in [0.29, 0.717) is 47.8 Å². The minimum atomic E-state index is -0.746. The Hall–Kier alpha value is -4.34. The van der Waals surface area contributed by atoms with Gasteiger partial charge in [0.1, 0.15) is 5.75 Å². The Morgan fingerprint density at radius 2 is 1.71 bits per heavy atom. The Balaban J connectivity index is 1.67. The Morgan fingerprint density at radius 3 is 2.34 bits per heavy atom. The van der Waals surface area contributed by atoms with Gasteiger partial charge < -0.3 is 36.1 Å². The van der Waals surface area contributed by atoms with Crippen molar-refractivity contribution in [1.82, 2.24) is 10.3 Å². The van der Waals surface area contributed by atoms with E-state index in [4.69, 9.17) is 15.2 Å². The molecule has 0 saturated heterocycles. The molecule has 9 heteroatoms. The number of carbonyl (C=O) groups is 1. The number of nitrogens with two attached hydrogens (primary N) is 1. The van der Waals surface area contributed by atoms with Crippen molar-refractivity contribution < 1.29 is 24.5 Å². The van der Waals surface area contributed by atoms with Gasteiger partial charge in [-0.3, -0.25) is 9.78 Å². The van der Waals surface area contributed by atoms with Crippen LogP contribution in [0.2, 0.25) is 0 Å². The van der Waals surface area contributed by atoms with E-state index < -0.39 is 12.0 Å². The molecule has 0 aliphatic heterocycles. The lowest BCUT2D eigenvalue weighted by atomic mass is 10.00. The Bertz CT molecular complexity index is 1510. The van der Waals surface area contributed by atoms with E-state index in [0.717, 1.165) is 28.8 Å². The molecule has 0 unspecified atom stereocenters. The molecule has 4 aromatic rings. The zero-order chi connectivity index (χ0) is 29.5. The highest BCUT2D eigenvalue weighted by Crippen LogP contribution is 2.38. The average Bonchev–Trinajstić information content (AvgIpc) is 2.96. The number of benzene rings is 3. The van der Waals surface area contributed by atoms with E-state index in [1.54, 1.807) is 24.3 Å². The fraction of sp³-hybridized carbons (Fsp3) is 0.312. The van der Waals surface area contributed by atoms with Crippen LogP contribution in [-0.2, 0) is 13.0 Å². The number of aromatic hydroxyl groups is 1. The molecule has 1 aromatic heterocycles. The molecule has 0 saturated carbocycles. The minimum absolute atomic E-state index is 0.156. The molecule has 2 atom stereocenters. The van der Waals surface area contributed by atoms with Crippen LogP contribution < -0.4 is 25.8 Å². The Morgan fingerprint density at radius 1 is 1.02 bits per heavy atom. The zero-order valence-corrected chi connectivity index (χ0v) is 23.9. The Kier molecular flexibility index (Phi) is 9.65. The number of nitrogens with zero attached hydrogens (tertiary/aromatic N) is 1. The van der Waals surface area contributed by atoms with Gasteiger partial charge in [-0.25, -0.2) is 0 Å². The number of fused-ring (bicyclic) bond motifs is 1. The van der Waals surface area contributed by atoms with Gasteiger partial charge >= 0.3 is 0 Å². The van der Waals surface area contributed by atoms with Gasteiger partial charge in [-0.2, -0.15) is 0 Å². The summed E-state index contributed by atoms with van der Waals surface area (Å²) < 4.78 is 11.6. The molecular formula is C32H38N4O5. The van der Waals surface area contributed by atoms with Gasteiger partial charge in [-0.1, -0.05) is 31.2 Å². The SMILES string of the molecule is CCOc1cc2ncc(C(N)=O)c(Nc3cccc(CN[C@H](C)[C@@H](O)c4ccc(O)cc4)c3CC)c2cc1OCC. The molecule has 9 nitrogen and oxygen atoms in total. The van der Waals surface area contributed by atoms with E-state index in [-0.39, 0.29) is 17.4 Å². The lowest BCUT2D eigenvalue weighted by Crippen LogP contribution is -2.32. The van der Waals surface area contributed by atoms with Crippen LogP contribution in [0.5, 0.6) is 17.2 Å². The summed E-state index contributed by atoms with van der Waals surface area (Å²) in [5.74, 6) is 0.701. The van der Waals surface area contributed by atoms with Crippen molar-refractivity contribution in [3.8, 4) is 17.2 Å². The highest BCUT2D eigenvalue weighted by molar-refractivity contribution is 6.08. The predicted octanol–water partition coefficient (Wildman–Crippen LogP) is 5.35. The van der Waals surface area contributed by atoms with Crippen molar-refractivity contribution in [3.63, 3.8) is 0 Å². The standard InChI is InChI=1S/C32H38N4O5/c1-5-23-21(17-34-19(4)31(38)20-11-13-22(37)14-12-20)9-8-10-26(23)36-30-24-15-28(40-6-2)29(41-7-3)16-27(24)35-18-25(30)32(33)39/h8-16,18-19,31,34,37-38H,5-7,17H2,1-4H3,(H2,33,39)(H,35,36)/t19-,31-/m1/s1. The first kappa shape index (κ1) is 29.6. The second-order valence-electron chi connectivity index (χ2n) is 9.72. The molecule has 0 aliphatic rings. The molecule has 0 aliphatic carbocycles. The molecule has 0 radical (unpaired) electrons. The molecular weight excluding hydrogens is 520 g/mol. The largest absolute Gasteiger partial charge is 0.508 e. The number of rotatable bonds is 13. The van der Waals surface area contributed by atoms with Crippen LogP contribution in [0.15, 0.2) is 60.8 Å². The third-order valence-electron chi connectivity index (χ3n) is 7.01.